The van der Waals surface area contributed by atoms with Crippen molar-refractivity contribution in [1.82, 2.24) is 9.88 Å². The van der Waals surface area contributed by atoms with Crippen LogP contribution in [0.2, 0.25) is 0 Å². The summed E-state index contributed by atoms with van der Waals surface area (Å²) in [5.41, 5.74) is 6.28. The van der Waals surface area contributed by atoms with Gasteiger partial charge >= 0.3 is 0 Å². The van der Waals surface area contributed by atoms with Gasteiger partial charge in [-0.25, -0.2) is 4.98 Å². The maximum absolute atomic E-state index is 12.2. The van der Waals surface area contributed by atoms with Crippen LogP contribution in [0.3, 0.4) is 0 Å². The second-order valence-electron chi connectivity index (χ2n) is 4.85. The Kier molecular flexibility index (Phi) is 7.29. The molecule has 2 N–H and O–H groups in total. The molecule has 1 amide bonds. The number of aromatic nitrogens is 1. The summed E-state index contributed by atoms with van der Waals surface area (Å²) in [5.74, 6) is -0.00493. The van der Waals surface area contributed by atoms with E-state index < -0.39 is 0 Å². The molecular weight excluding hydrogens is 353 g/mol. The molecule has 19 heavy (non-hydrogen) atoms. The zero-order chi connectivity index (χ0) is 12.5. The number of carbonyl (C=O) groups excluding carboxylic acids is 1. The first-order valence-corrected chi connectivity index (χ1v) is 6.44. The van der Waals surface area contributed by atoms with E-state index in [2.05, 4.69) is 27.8 Å². The fourth-order valence-electron chi connectivity index (χ4n) is 2.03. The minimum absolute atomic E-state index is 0. The van der Waals surface area contributed by atoms with Crippen LogP contribution in [0.1, 0.15) is 23.8 Å². The predicted molar refractivity (Wildman–Crippen MR) is 84.1 cm³/mol. The first kappa shape index (κ1) is 18.6. The lowest BCUT2D eigenvalue weighted by molar-refractivity contribution is 0.0771. The topological polar surface area (TPSA) is 59.2 Å². The van der Waals surface area contributed by atoms with Crippen LogP contribution in [0.5, 0.6) is 0 Å². The van der Waals surface area contributed by atoms with E-state index in [1.165, 1.54) is 0 Å². The molecule has 4 nitrogen and oxygen atoms in total. The first-order chi connectivity index (χ1) is 8.04. The van der Waals surface area contributed by atoms with Crippen molar-refractivity contribution < 1.29 is 4.79 Å². The third-order valence-electron chi connectivity index (χ3n) is 3.28. The van der Waals surface area contributed by atoms with Gasteiger partial charge in [0.1, 0.15) is 5.69 Å². The highest BCUT2D eigenvalue weighted by atomic mass is 79.9. The number of nitrogens with zero attached hydrogens (tertiary/aromatic N) is 2. The number of carbonyl (C=O) groups is 1. The summed E-state index contributed by atoms with van der Waals surface area (Å²) >= 11 is 3.30. The number of likely N-dealkylation sites (tertiary alicyclic amines) is 1. The summed E-state index contributed by atoms with van der Waals surface area (Å²) < 4.78 is 0.877. The fourth-order valence-corrected chi connectivity index (χ4v) is 2.26. The number of nitrogens with two attached hydrogens (primary N) is 1. The molecule has 0 radical (unpaired) electrons. The third kappa shape index (κ3) is 4.31. The molecule has 7 heteroatoms. The highest BCUT2D eigenvalue weighted by Crippen LogP contribution is 2.29. The summed E-state index contributed by atoms with van der Waals surface area (Å²) in [7, 11) is 0. The Morgan fingerprint density at radius 3 is 2.68 bits per heavy atom. The monoisotopic (exact) mass is 369 g/mol. The van der Waals surface area contributed by atoms with Gasteiger partial charge in [0.05, 0.1) is 0 Å². The van der Waals surface area contributed by atoms with Gasteiger partial charge in [0, 0.05) is 23.8 Å². The molecule has 1 aromatic heterocycles. The largest absolute Gasteiger partial charge is 0.337 e. The SMILES string of the molecule is CC1(CN)CCN(C(=O)c2ccc(Br)cn2)C1.Cl.Cl. The molecule has 1 fully saturated rings. The van der Waals surface area contributed by atoms with Crippen molar-refractivity contribution in [2.75, 3.05) is 19.6 Å². The number of rotatable bonds is 2. The predicted octanol–water partition coefficient (Wildman–Crippen LogP) is 2.50. The summed E-state index contributed by atoms with van der Waals surface area (Å²) in [5, 5.41) is 0. The maximum Gasteiger partial charge on any atom is 0.272 e. The van der Waals surface area contributed by atoms with Crippen molar-refractivity contribution in [3.8, 4) is 0 Å². The zero-order valence-corrected chi connectivity index (χ0v) is 13.9. The summed E-state index contributed by atoms with van der Waals surface area (Å²) in [4.78, 5) is 18.1. The van der Waals surface area contributed by atoms with Crippen LogP contribution in [0, 0.1) is 5.41 Å². The van der Waals surface area contributed by atoms with Crippen LogP contribution < -0.4 is 5.73 Å². The number of amides is 1. The number of hydrogen-bond donors (Lipinski definition) is 1. The van der Waals surface area contributed by atoms with Crippen molar-refractivity contribution in [1.29, 1.82) is 0 Å². The van der Waals surface area contributed by atoms with Gasteiger partial charge < -0.3 is 10.6 Å². The maximum atomic E-state index is 12.2. The lowest BCUT2D eigenvalue weighted by Crippen LogP contribution is -2.34. The molecule has 2 heterocycles. The van der Waals surface area contributed by atoms with Gasteiger partial charge in [-0.3, -0.25) is 4.79 Å². The van der Waals surface area contributed by atoms with Gasteiger partial charge in [-0.1, -0.05) is 6.92 Å². The van der Waals surface area contributed by atoms with E-state index in [1.807, 2.05) is 11.0 Å². The second kappa shape index (κ2) is 7.43. The lowest BCUT2D eigenvalue weighted by Gasteiger charge is -2.22. The number of hydrogen-bond acceptors (Lipinski definition) is 3. The molecule has 1 saturated heterocycles. The van der Waals surface area contributed by atoms with E-state index in [9.17, 15) is 4.79 Å². The smallest absolute Gasteiger partial charge is 0.272 e. The molecule has 1 aliphatic rings. The van der Waals surface area contributed by atoms with E-state index in [4.69, 9.17) is 5.73 Å². The third-order valence-corrected chi connectivity index (χ3v) is 3.75. The van der Waals surface area contributed by atoms with Gasteiger partial charge in [0.2, 0.25) is 0 Å². The number of halogens is 3. The Morgan fingerprint density at radius 2 is 2.21 bits per heavy atom. The van der Waals surface area contributed by atoms with Gasteiger partial charge in [-0.05, 0) is 46.4 Å². The van der Waals surface area contributed by atoms with Crippen molar-refractivity contribution in [3.05, 3.63) is 28.5 Å². The average molecular weight is 371 g/mol. The molecule has 1 unspecified atom stereocenters. The van der Waals surface area contributed by atoms with Crippen LogP contribution in [-0.4, -0.2) is 35.4 Å². The molecule has 1 aliphatic heterocycles. The summed E-state index contributed by atoms with van der Waals surface area (Å²) in [6, 6.07) is 3.57. The zero-order valence-electron chi connectivity index (χ0n) is 10.6. The van der Waals surface area contributed by atoms with Gasteiger partial charge in [-0.2, -0.15) is 0 Å². The standard InChI is InChI=1S/C12H16BrN3O.2ClH/c1-12(7-14)4-5-16(8-12)11(17)10-3-2-9(13)6-15-10;;/h2-3,6H,4-5,7-8,14H2,1H3;2*1H. The molecule has 0 bridgehead atoms. The van der Waals surface area contributed by atoms with E-state index in [0.717, 1.165) is 24.0 Å². The van der Waals surface area contributed by atoms with Crippen LogP contribution in [0.25, 0.3) is 0 Å². The second-order valence-corrected chi connectivity index (χ2v) is 5.77. The minimum atomic E-state index is -0.00493. The molecule has 108 valence electrons. The Hall–Kier alpha value is -0.360. The van der Waals surface area contributed by atoms with Gasteiger partial charge in [-0.15, -0.1) is 24.8 Å². The molecule has 0 aromatic carbocycles. The van der Waals surface area contributed by atoms with Crippen LogP contribution >= 0.6 is 40.7 Å². The lowest BCUT2D eigenvalue weighted by atomic mass is 9.90. The summed E-state index contributed by atoms with van der Waals surface area (Å²) in [6.07, 6.45) is 2.61. The number of pyridine rings is 1. The van der Waals surface area contributed by atoms with E-state index in [0.29, 0.717) is 12.2 Å². The van der Waals surface area contributed by atoms with Crippen molar-refractivity contribution in [2.24, 2.45) is 11.1 Å². The highest BCUT2D eigenvalue weighted by Gasteiger charge is 2.35. The van der Waals surface area contributed by atoms with E-state index in [-0.39, 0.29) is 36.1 Å². The fraction of sp³-hybridized carbons (Fsp3) is 0.500. The van der Waals surface area contributed by atoms with E-state index in [1.54, 1.807) is 12.3 Å². The first-order valence-electron chi connectivity index (χ1n) is 5.65. The highest BCUT2D eigenvalue weighted by molar-refractivity contribution is 9.10. The summed E-state index contributed by atoms with van der Waals surface area (Å²) in [6.45, 7) is 4.23. The Balaban J connectivity index is 0.00000162. The van der Waals surface area contributed by atoms with Crippen molar-refractivity contribution >= 4 is 46.7 Å². The molecule has 0 saturated carbocycles. The molecular formula is C12H18BrCl2N3O. The molecule has 0 spiro atoms. The molecule has 0 aliphatic carbocycles. The molecule has 1 aromatic rings. The van der Waals surface area contributed by atoms with Crippen LogP contribution in [-0.2, 0) is 0 Å². The van der Waals surface area contributed by atoms with Gasteiger partial charge in [0.25, 0.3) is 5.91 Å². The van der Waals surface area contributed by atoms with Gasteiger partial charge in [0.15, 0.2) is 0 Å². The normalized spacial score (nSPS) is 21.5. The molecule has 1 atom stereocenters. The Labute approximate surface area is 134 Å². The van der Waals surface area contributed by atoms with Crippen molar-refractivity contribution in [3.63, 3.8) is 0 Å². The average Bonchev–Trinajstić information content (AvgIpc) is 2.73. The van der Waals surface area contributed by atoms with Crippen LogP contribution in [0.4, 0.5) is 0 Å². The van der Waals surface area contributed by atoms with Crippen LogP contribution in [0.15, 0.2) is 22.8 Å². The quantitative estimate of drug-likeness (QED) is 0.869. The van der Waals surface area contributed by atoms with E-state index >= 15 is 0 Å². The minimum Gasteiger partial charge on any atom is -0.337 e. The van der Waals surface area contributed by atoms with Crippen molar-refractivity contribution in [2.45, 2.75) is 13.3 Å². The molecule has 2 rings (SSSR count). The Morgan fingerprint density at radius 1 is 1.53 bits per heavy atom. The Bertz CT molecular complexity index is 429.